The summed E-state index contributed by atoms with van der Waals surface area (Å²) in [7, 11) is 0. The van der Waals surface area contributed by atoms with E-state index in [2.05, 4.69) is 23.8 Å². The smallest absolute Gasteiger partial charge is 0.0719 e. The lowest BCUT2D eigenvalue weighted by Gasteiger charge is -2.17. The van der Waals surface area contributed by atoms with E-state index in [9.17, 15) is 0 Å². The molecular formula is C11H19N4. The summed E-state index contributed by atoms with van der Waals surface area (Å²) >= 11 is 0. The molecule has 1 aliphatic heterocycles. The standard InChI is InChI=1S/C11H19N4/c1-9(2)6-14-4-3-11(8-14)15-7-10(12)5-13-15/h5,7,11H,3-4,6,8,12H2,1-2H3/t11-/m1/s1. The average molecular weight is 207 g/mol. The molecule has 1 aromatic rings. The van der Waals surface area contributed by atoms with E-state index in [0.717, 1.165) is 25.3 Å². The Labute approximate surface area is 91.1 Å². The Kier molecular flexibility index (Phi) is 2.95. The predicted molar refractivity (Wildman–Crippen MR) is 61.3 cm³/mol. The largest absolute Gasteiger partial charge is 0.396 e. The molecule has 1 fully saturated rings. The van der Waals surface area contributed by atoms with Gasteiger partial charge >= 0.3 is 0 Å². The molecule has 0 unspecified atom stereocenters. The normalized spacial score (nSPS) is 22.7. The molecule has 0 saturated carbocycles. The molecular weight excluding hydrogens is 188 g/mol. The Morgan fingerprint density at radius 2 is 2.40 bits per heavy atom. The molecule has 83 valence electrons. The van der Waals surface area contributed by atoms with Crippen LogP contribution in [0.2, 0.25) is 0 Å². The Morgan fingerprint density at radius 1 is 1.60 bits per heavy atom. The molecule has 0 aromatic carbocycles. The highest BCUT2D eigenvalue weighted by molar-refractivity contribution is 5.30. The Bertz CT molecular complexity index is 318. The van der Waals surface area contributed by atoms with Crippen LogP contribution >= 0.6 is 0 Å². The second-order valence-corrected chi connectivity index (χ2v) is 4.64. The predicted octanol–water partition coefficient (Wildman–Crippen LogP) is 1.33. The fraction of sp³-hybridized carbons (Fsp3) is 0.636. The van der Waals surface area contributed by atoms with Gasteiger partial charge in [0, 0.05) is 25.8 Å². The summed E-state index contributed by atoms with van der Waals surface area (Å²) in [5.41, 5.74) is 6.42. The van der Waals surface area contributed by atoms with Gasteiger partial charge in [-0.25, -0.2) is 0 Å². The Morgan fingerprint density at radius 3 is 3.00 bits per heavy atom. The molecule has 2 N–H and O–H groups in total. The van der Waals surface area contributed by atoms with E-state index in [1.165, 1.54) is 12.3 Å². The molecule has 1 aliphatic rings. The zero-order valence-corrected chi connectivity index (χ0v) is 9.48. The second-order valence-electron chi connectivity index (χ2n) is 4.64. The summed E-state index contributed by atoms with van der Waals surface area (Å²) in [6, 6.07) is 0.502. The van der Waals surface area contributed by atoms with Gasteiger partial charge in [-0.1, -0.05) is 13.8 Å². The van der Waals surface area contributed by atoms with Gasteiger partial charge in [0.25, 0.3) is 0 Å². The van der Waals surface area contributed by atoms with E-state index in [0.29, 0.717) is 6.04 Å². The number of hydrogen-bond acceptors (Lipinski definition) is 3. The minimum Gasteiger partial charge on any atom is -0.396 e. The number of anilines is 1. The maximum absolute atomic E-state index is 5.66. The lowest BCUT2D eigenvalue weighted by Crippen LogP contribution is -2.25. The molecule has 4 heteroatoms. The van der Waals surface area contributed by atoms with Gasteiger partial charge in [-0.2, -0.15) is 5.10 Å². The van der Waals surface area contributed by atoms with E-state index < -0.39 is 0 Å². The van der Waals surface area contributed by atoms with Crippen LogP contribution in [0.5, 0.6) is 0 Å². The van der Waals surface area contributed by atoms with E-state index in [4.69, 9.17) is 5.73 Å². The highest BCUT2D eigenvalue weighted by atomic mass is 15.3. The van der Waals surface area contributed by atoms with Crippen molar-refractivity contribution in [2.24, 2.45) is 0 Å². The minimum atomic E-state index is 0.502. The molecule has 4 nitrogen and oxygen atoms in total. The number of hydrogen-bond donors (Lipinski definition) is 1. The third kappa shape index (κ3) is 2.50. The quantitative estimate of drug-likeness (QED) is 0.813. The monoisotopic (exact) mass is 207 g/mol. The van der Waals surface area contributed by atoms with Crippen LogP contribution < -0.4 is 5.73 Å². The summed E-state index contributed by atoms with van der Waals surface area (Å²) in [6.07, 6.45) is 4.82. The minimum absolute atomic E-state index is 0.502. The maximum atomic E-state index is 5.66. The zero-order chi connectivity index (χ0) is 10.8. The van der Waals surface area contributed by atoms with Gasteiger partial charge in [-0.15, -0.1) is 0 Å². The van der Waals surface area contributed by atoms with Gasteiger partial charge in [0.05, 0.1) is 17.9 Å². The van der Waals surface area contributed by atoms with E-state index in [1.54, 1.807) is 6.20 Å². The fourth-order valence-electron chi connectivity index (χ4n) is 2.17. The van der Waals surface area contributed by atoms with Crippen molar-refractivity contribution in [3.63, 3.8) is 0 Å². The van der Waals surface area contributed by atoms with Crippen molar-refractivity contribution >= 4 is 5.69 Å². The van der Waals surface area contributed by atoms with Gasteiger partial charge in [0.1, 0.15) is 0 Å². The van der Waals surface area contributed by atoms with Gasteiger partial charge in [-0.3, -0.25) is 4.68 Å². The van der Waals surface area contributed by atoms with Crippen LogP contribution in [0.4, 0.5) is 5.69 Å². The summed E-state index contributed by atoms with van der Waals surface area (Å²) in [5, 5.41) is 4.27. The van der Waals surface area contributed by atoms with Crippen LogP contribution in [0.25, 0.3) is 0 Å². The highest BCUT2D eigenvalue weighted by Gasteiger charge is 2.24. The summed E-state index contributed by atoms with van der Waals surface area (Å²) in [5.74, 6) is 1.47. The maximum Gasteiger partial charge on any atom is 0.0719 e. The second kappa shape index (κ2) is 4.23. The third-order valence-electron chi connectivity index (χ3n) is 2.78. The topological polar surface area (TPSA) is 47.1 Å². The van der Waals surface area contributed by atoms with Crippen LogP contribution in [0.15, 0.2) is 12.4 Å². The lowest BCUT2D eigenvalue weighted by atomic mass is 10.2. The van der Waals surface area contributed by atoms with E-state index >= 15 is 0 Å². The van der Waals surface area contributed by atoms with Crippen LogP contribution in [-0.2, 0) is 0 Å². The number of nitrogens with zero attached hydrogens (tertiary/aromatic N) is 3. The lowest BCUT2D eigenvalue weighted by molar-refractivity contribution is 0.330. The first-order valence-corrected chi connectivity index (χ1v) is 5.46. The van der Waals surface area contributed by atoms with Crippen molar-refractivity contribution in [2.75, 3.05) is 25.4 Å². The first kappa shape index (κ1) is 10.5. The number of aromatic nitrogens is 2. The molecule has 1 saturated heterocycles. The van der Waals surface area contributed by atoms with Crippen molar-refractivity contribution in [1.29, 1.82) is 0 Å². The molecule has 2 heterocycles. The van der Waals surface area contributed by atoms with Gasteiger partial charge < -0.3 is 10.6 Å². The zero-order valence-electron chi connectivity index (χ0n) is 9.48. The molecule has 0 spiro atoms. The average Bonchev–Trinajstić information content (AvgIpc) is 2.72. The van der Waals surface area contributed by atoms with Gasteiger partial charge in [0.15, 0.2) is 0 Å². The van der Waals surface area contributed by atoms with E-state index in [-0.39, 0.29) is 0 Å². The molecule has 15 heavy (non-hydrogen) atoms. The SMILES string of the molecule is C[C](C)CN1CC[C@@H](n2cc(N)cn2)C1. The van der Waals surface area contributed by atoms with E-state index in [1.807, 2.05) is 10.9 Å². The number of nitrogens with two attached hydrogens (primary N) is 1. The first-order valence-electron chi connectivity index (χ1n) is 5.46. The van der Waals surface area contributed by atoms with Crippen LogP contribution in [0.1, 0.15) is 26.3 Å². The number of likely N-dealkylation sites (tertiary alicyclic amines) is 1. The Hall–Kier alpha value is -1.03. The van der Waals surface area contributed by atoms with Crippen LogP contribution in [0, 0.1) is 5.92 Å². The summed E-state index contributed by atoms with van der Waals surface area (Å²) in [4.78, 5) is 2.47. The molecule has 0 aliphatic carbocycles. The van der Waals surface area contributed by atoms with Gasteiger partial charge in [-0.05, 0) is 12.3 Å². The van der Waals surface area contributed by atoms with Crippen LogP contribution in [0.3, 0.4) is 0 Å². The molecule has 1 radical (unpaired) electrons. The van der Waals surface area contributed by atoms with Crippen molar-refractivity contribution in [3.8, 4) is 0 Å². The van der Waals surface area contributed by atoms with Gasteiger partial charge in [0.2, 0.25) is 0 Å². The molecule has 1 aromatic heterocycles. The highest BCUT2D eigenvalue weighted by Crippen LogP contribution is 2.22. The summed E-state index contributed by atoms with van der Waals surface area (Å²) < 4.78 is 2.00. The fourth-order valence-corrected chi connectivity index (χ4v) is 2.17. The van der Waals surface area contributed by atoms with Crippen molar-refractivity contribution in [3.05, 3.63) is 18.3 Å². The van der Waals surface area contributed by atoms with Crippen molar-refractivity contribution < 1.29 is 0 Å². The van der Waals surface area contributed by atoms with Crippen molar-refractivity contribution in [1.82, 2.24) is 14.7 Å². The van der Waals surface area contributed by atoms with Crippen molar-refractivity contribution in [2.45, 2.75) is 26.3 Å². The number of nitrogen functional groups attached to an aromatic ring is 1. The Balaban J connectivity index is 1.92. The summed E-state index contributed by atoms with van der Waals surface area (Å²) in [6.45, 7) is 7.72. The molecule has 0 amide bonds. The van der Waals surface area contributed by atoms with Crippen LogP contribution in [-0.4, -0.2) is 34.3 Å². The third-order valence-corrected chi connectivity index (χ3v) is 2.78. The molecule has 1 atom stereocenters. The number of rotatable bonds is 3. The first-order chi connectivity index (χ1) is 7.15. The molecule has 0 bridgehead atoms. The molecule has 2 rings (SSSR count).